The maximum atomic E-state index is 13.9. The van der Waals surface area contributed by atoms with Crippen molar-refractivity contribution in [2.75, 3.05) is 26.7 Å². The summed E-state index contributed by atoms with van der Waals surface area (Å²) in [7, 11) is 1.66. The molecule has 2 aromatic carbocycles. The fourth-order valence-corrected chi connectivity index (χ4v) is 6.07. The summed E-state index contributed by atoms with van der Waals surface area (Å²) in [6, 6.07) is 17.9. The van der Waals surface area contributed by atoms with E-state index in [1.165, 1.54) is 28.8 Å². The summed E-state index contributed by atoms with van der Waals surface area (Å²) < 4.78 is 5.35. The van der Waals surface area contributed by atoms with Gasteiger partial charge in [-0.3, -0.25) is 9.59 Å². The first-order valence-electron chi connectivity index (χ1n) is 13.9. The monoisotopic (exact) mass is 532 g/mol. The molecule has 2 amide bonds. The predicted molar refractivity (Wildman–Crippen MR) is 155 cm³/mol. The van der Waals surface area contributed by atoms with Gasteiger partial charge in [0.25, 0.3) is 5.91 Å². The number of carbonyl (C=O) groups is 2. The number of fused-ring (bicyclic) bond motifs is 1. The van der Waals surface area contributed by atoms with Crippen LogP contribution < -0.4 is 4.74 Å². The lowest BCUT2D eigenvalue weighted by atomic mass is 9.93. The fraction of sp³-hybridized carbons (Fsp3) is 0.438. The van der Waals surface area contributed by atoms with Crippen molar-refractivity contribution in [3.63, 3.8) is 0 Å². The minimum atomic E-state index is -0.158. The zero-order valence-corrected chi connectivity index (χ0v) is 23.8. The Morgan fingerprint density at radius 2 is 1.71 bits per heavy atom. The zero-order chi connectivity index (χ0) is 26.9. The quantitative estimate of drug-likeness (QED) is 0.238. The molecule has 1 unspecified atom stereocenters. The summed E-state index contributed by atoms with van der Waals surface area (Å²) in [5.41, 5.74) is 4.15. The van der Waals surface area contributed by atoms with Crippen molar-refractivity contribution < 1.29 is 14.3 Å². The highest BCUT2D eigenvalue weighted by molar-refractivity contribution is 7.10. The van der Waals surface area contributed by atoms with Crippen molar-refractivity contribution in [2.45, 2.75) is 64.8 Å². The minimum Gasteiger partial charge on any atom is -0.497 e. The Bertz CT molecular complexity index is 1190. The van der Waals surface area contributed by atoms with Crippen molar-refractivity contribution in [1.82, 2.24) is 9.80 Å². The molecule has 0 saturated heterocycles. The van der Waals surface area contributed by atoms with E-state index in [1.54, 1.807) is 23.3 Å². The Hall–Kier alpha value is -3.12. The number of amides is 2. The van der Waals surface area contributed by atoms with Crippen molar-refractivity contribution in [3.8, 4) is 5.75 Å². The number of rotatable bonds is 12. The minimum absolute atomic E-state index is 0.0108. The third-order valence-electron chi connectivity index (χ3n) is 7.38. The van der Waals surface area contributed by atoms with Gasteiger partial charge in [0.1, 0.15) is 12.3 Å². The van der Waals surface area contributed by atoms with Crippen LogP contribution in [0.5, 0.6) is 5.75 Å². The van der Waals surface area contributed by atoms with Gasteiger partial charge in [-0.05, 0) is 78.1 Å². The summed E-state index contributed by atoms with van der Waals surface area (Å²) in [6.07, 6.45) is 7.28. The molecule has 1 aliphatic rings. The van der Waals surface area contributed by atoms with Crippen molar-refractivity contribution in [1.29, 1.82) is 0 Å². The van der Waals surface area contributed by atoms with E-state index in [4.69, 9.17) is 4.74 Å². The molecule has 6 heteroatoms. The fourth-order valence-electron chi connectivity index (χ4n) is 5.16. The summed E-state index contributed by atoms with van der Waals surface area (Å²) in [5.74, 6) is 0.713. The van der Waals surface area contributed by atoms with Crippen LogP contribution in [0.25, 0.3) is 0 Å². The molecule has 0 saturated carbocycles. The molecule has 0 aliphatic carbocycles. The molecule has 0 radical (unpaired) electrons. The van der Waals surface area contributed by atoms with Gasteiger partial charge < -0.3 is 14.5 Å². The standard InChI is InChI=1S/C32H40N2O3S/c1-4-6-8-9-24-10-12-26(13-11-24)32(36)33(20-7-5-2)23-30(35)34-21-18-29-28(19-22-38-29)31(34)25-14-16-27(37-3)17-15-25/h10-17,19,22,31H,4-9,18,20-21,23H2,1-3H3. The van der Waals surface area contributed by atoms with E-state index in [1.807, 2.05) is 41.3 Å². The summed E-state index contributed by atoms with van der Waals surface area (Å²) in [5, 5.41) is 2.11. The molecule has 2 heterocycles. The topological polar surface area (TPSA) is 49.9 Å². The van der Waals surface area contributed by atoms with E-state index >= 15 is 0 Å². The van der Waals surface area contributed by atoms with Gasteiger partial charge >= 0.3 is 0 Å². The summed E-state index contributed by atoms with van der Waals surface area (Å²) >= 11 is 1.75. The lowest BCUT2D eigenvalue weighted by Crippen LogP contribution is -2.47. The normalized spacial score (nSPS) is 14.7. The molecule has 0 spiro atoms. The van der Waals surface area contributed by atoms with Crippen LogP contribution >= 0.6 is 11.3 Å². The number of unbranched alkanes of at least 4 members (excludes halogenated alkanes) is 3. The molecule has 1 aliphatic heterocycles. The van der Waals surface area contributed by atoms with E-state index in [9.17, 15) is 9.59 Å². The number of thiophene rings is 1. The predicted octanol–water partition coefficient (Wildman–Crippen LogP) is 6.91. The number of carbonyl (C=O) groups excluding carboxylic acids is 2. The number of aryl methyl sites for hydroxylation is 1. The second kappa shape index (κ2) is 13.6. The van der Waals surface area contributed by atoms with Crippen LogP contribution in [0, 0.1) is 0 Å². The van der Waals surface area contributed by atoms with Crippen LogP contribution in [-0.4, -0.2) is 48.4 Å². The third kappa shape index (κ3) is 6.65. The van der Waals surface area contributed by atoms with E-state index < -0.39 is 0 Å². The molecule has 0 fully saturated rings. The van der Waals surface area contributed by atoms with Gasteiger partial charge in [0, 0.05) is 23.5 Å². The average molecular weight is 533 g/mol. The first-order valence-corrected chi connectivity index (χ1v) is 14.8. The second-order valence-corrected chi connectivity index (χ2v) is 11.0. The second-order valence-electron chi connectivity index (χ2n) is 10.0. The van der Waals surface area contributed by atoms with Crippen molar-refractivity contribution in [2.24, 2.45) is 0 Å². The molecule has 5 nitrogen and oxygen atoms in total. The number of benzene rings is 2. The zero-order valence-electron chi connectivity index (χ0n) is 22.9. The van der Waals surface area contributed by atoms with Gasteiger partial charge in [0.15, 0.2) is 0 Å². The van der Waals surface area contributed by atoms with Gasteiger partial charge in [-0.2, -0.15) is 0 Å². The Balaban J connectivity index is 1.53. The molecular weight excluding hydrogens is 492 g/mol. The first-order chi connectivity index (χ1) is 18.5. The largest absolute Gasteiger partial charge is 0.497 e. The van der Waals surface area contributed by atoms with Gasteiger partial charge in [0.2, 0.25) is 5.91 Å². The molecule has 3 aromatic rings. The Morgan fingerprint density at radius 1 is 0.974 bits per heavy atom. The molecule has 1 aromatic heterocycles. The van der Waals surface area contributed by atoms with Crippen LogP contribution in [0.1, 0.15) is 83.9 Å². The summed E-state index contributed by atoms with van der Waals surface area (Å²) in [4.78, 5) is 32.4. The number of ether oxygens (including phenoxy) is 1. The lowest BCUT2D eigenvalue weighted by molar-refractivity contribution is -0.134. The van der Waals surface area contributed by atoms with Gasteiger partial charge in [0.05, 0.1) is 13.2 Å². The number of hydrogen-bond acceptors (Lipinski definition) is 4. The van der Waals surface area contributed by atoms with Crippen molar-refractivity contribution >= 4 is 23.2 Å². The van der Waals surface area contributed by atoms with Crippen LogP contribution in [0.4, 0.5) is 0 Å². The Labute approximate surface area is 231 Å². The molecule has 1 atom stereocenters. The maximum Gasteiger partial charge on any atom is 0.254 e. The van der Waals surface area contributed by atoms with E-state index in [0.29, 0.717) is 18.7 Å². The first kappa shape index (κ1) is 27.9. The highest BCUT2D eigenvalue weighted by Gasteiger charge is 2.34. The summed E-state index contributed by atoms with van der Waals surface area (Å²) in [6.45, 7) is 5.62. The highest BCUT2D eigenvalue weighted by Crippen LogP contribution is 2.38. The molecule has 202 valence electrons. The van der Waals surface area contributed by atoms with Gasteiger partial charge in [-0.15, -0.1) is 11.3 Å². The van der Waals surface area contributed by atoms with E-state index in [2.05, 4.69) is 37.4 Å². The van der Waals surface area contributed by atoms with Crippen LogP contribution in [-0.2, 0) is 17.6 Å². The van der Waals surface area contributed by atoms with Crippen LogP contribution in [0.3, 0.4) is 0 Å². The molecule has 4 rings (SSSR count). The number of hydrogen-bond donors (Lipinski definition) is 0. The third-order valence-corrected chi connectivity index (χ3v) is 8.38. The average Bonchev–Trinajstić information content (AvgIpc) is 3.44. The Morgan fingerprint density at radius 3 is 2.39 bits per heavy atom. The molecule has 38 heavy (non-hydrogen) atoms. The molecule has 0 N–H and O–H groups in total. The Kier molecular flexibility index (Phi) is 9.99. The SMILES string of the molecule is CCCCCc1ccc(C(=O)N(CCCC)CC(=O)N2CCc3sccc3C2c2ccc(OC)cc2)cc1. The highest BCUT2D eigenvalue weighted by atomic mass is 32.1. The molecule has 0 bridgehead atoms. The smallest absolute Gasteiger partial charge is 0.254 e. The van der Waals surface area contributed by atoms with Gasteiger partial charge in [-0.1, -0.05) is 57.4 Å². The van der Waals surface area contributed by atoms with Crippen molar-refractivity contribution in [3.05, 3.63) is 87.1 Å². The maximum absolute atomic E-state index is 13.9. The van der Waals surface area contributed by atoms with Crippen LogP contribution in [0.15, 0.2) is 60.0 Å². The van der Waals surface area contributed by atoms with Gasteiger partial charge in [-0.25, -0.2) is 0 Å². The van der Waals surface area contributed by atoms with E-state index in [0.717, 1.165) is 43.4 Å². The van der Waals surface area contributed by atoms with Crippen LogP contribution in [0.2, 0.25) is 0 Å². The number of methoxy groups -OCH3 is 1. The molecular formula is C32H40N2O3S. The van der Waals surface area contributed by atoms with E-state index in [-0.39, 0.29) is 24.4 Å². The number of nitrogens with zero attached hydrogens (tertiary/aromatic N) is 2. The lowest BCUT2D eigenvalue weighted by Gasteiger charge is -2.37.